The van der Waals surface area contributed by atoms with Crippen LogP contribution >= 0.6 is 11.6 Å². The average molecular weight is 330 g/mol. The Labute approximate surface area is 140 Å². The molecule has 0 fully saturated rings. The Morgan fingerprint density at radius 1 is 1.22 bits per heavy atom. The summed E-state index contributed by atoms with van der Waals surface area (Å²) in [5, 5.41) is 13.7. The number of hydrogen-bond donors (Lipinski definition) is 1. The van der Waals surface area contributed by atoms with Gasteiger partial charge in [0.1, 0.15) is 19.3 Å². The van der Waals surface area contributed by atoms with E-state index in [0.29, 0.717) is 10.6 Å². The lowest BCUT2D eigenvalue weighted by Gasteiger charge is -2.20. The van der Waals surface area contributed by atoms with Gasteiger partial charge in [-0.3, -0.25) is 4.84 Å². The van der Waals surface area contributed by atoms with Gasteiger partial charge in [0.15, 0.2) is 5.71 Å². The van der Waals surface area contributed by atoms with Crippen molar-refractivity contribution in [3.63, 3.8) is 0 Å². The summed E-state index contributed by atoms with van der Waals surface area (Å²) in [6.45, 7) is 0. The van der Waals surface area contributed by atoms with Gasteiger partial charge in [-0.05, 0) is 23.3 Å². The molecule has 0 bridgehead atoms. The first-order chi connectivity index (χ1) is 11.2. The summed E-state index contributed by atoms with van der Waals surface area (Å²) in [6, 6.07) is 16.8. The van der Waals surface area contributed by atoms with Crippen LogP contribution < -0.4 is 5.48 Å². The molecule has 2 rings (SSSR count). The highest BCUT2D eigenvalue weighted by molar-refractivity contribution is 6.30. The number of hydroxylamine groups is 1. The second kappa shape index (κ2) is 8.30. The summed E-state index contributed by atoms with van der Waals surface area (Å²) >= 11 is 5.95. The Morgan fingerprint density at radius 3 is 2.52 bits per heavy atom. The maximum absolute atomic E-state index is 9.32. The number of nitrogens with zero attached hydrogens (tertiary/aromatic N) is 2. The van der Waals surface area contributed by atoms with E-state index in [1.807, 2.05) is 36.4 Å². The topological polar surface area (TPSA) is 66.6 Å². The molecule has 0 aliphatic carbocycles. The van der Waals surface area contributed by atoms with E-state index in [0.717, 1.165) is 11.1 Å². The van der Waals surface area contributed by atoms with E-state index >= 15 is 0 Å². The molecule has 2 aromatic rings. The van der Waals surface area contributed by atoms with E-state index < -0.39 is 6.10 Å². The van der Waals surface area contributed by atoms with Crippen molar-refractivity contribution in [2.24, 2.45) is 5.16 Å². The van der Waals surface area contributed by atoms with Crippen LogP contribution in [-0.2, 0) is 9.68 Å². The molecule has 1 unspecified atom stereocenters. The lowest BCUT2D eigenvalue weighted by atomic mass is 9.94. The summed E-state index contributed by atoms with van der Waals surface area (Å²) in [5.41, 5.74) is 5.22. The molecular weight excluding hydrogens is 314 g/mol. The Kier molecular flexibility index (Phi) is 6.12. The zero-order valence-electron chi connectivity index (χ0n) is 12.8. The van der Waals surface area contributed by atoms with Gasteiger partial charge >= 0.3 is 0 Å². The van der Waals surface area contributed by atoms with Crippen LogP contribution in [0.25, 0.3) is 0 Å². The third-order valence-electron chi connectivity index (χ3n) is 3.20. The fraction of sp³-hybridized carbons (Fsp3) is 0.176. The van der Waals surface area contributed by atoms with Crippen LogP contribution in [0.2, 0.25) is 5.02 Å². The number of halogens is 1. The molecule has 1 atom stereocenters. The summed E-state index contributed by atoms with van der Waals surface area (Å²) in [4.78, 5) is 10.4. The predicted molar refractivity (Wildman–Crippen MR) is 89.0 cm³/mol. The SMILES string of the molecule is CNOC(c1ccc(Cl)cc1)c1ccccc1/C(C#N)=N/OC. The molecule has 1 N–H and O–H groups in total. The molecule has 0 amide bonds. The predicted octanol–water partition coefficient (Wildman–Crippen LogP) is 3.45. The summed E-state index contributed by atoms with van der Waals surface area (Å²) in [6.07, 6.45) is -0.427. The van der Waals surface area contributed by atoms with Crippen molar-refractivity contribution in [2.45, 2.75) is 6.10 Å². The molecule has 0 aliphatic heterocycles. The van der Waals surface area contributed by atoms with E-state index in [4.69, 9.17) is 21.3 Å². The third-order valence-corrected chi connectivity index (χ3v) is 3.45. The highest BCUT2D eigenvalue weighted by Crippen LogP contribution is 2.29. The van der Waals surface area contributed by atoms with Crippen LogP contribution in [0, 0.1) is 11.3 Å². The molecule has 5 nitrogen and oxygen atoms in total. The minimum absolute atomic E-state index is 0.182. The van der Waals surface area contributed by atoms with E-state index in [1.54, 1.807) is 25.2 Å². The molecule has 0 saturated carbocycles. The molecule has 2 aromatic carbocycles. The van der Waals surface area contributed by atoms with Crippen molar-refractivity contribution in [1.82, 2.24) is 5.48 Å². The largest absolute Gasteiger partial charge is 0.398 e. The Hall–Kier alpha value is -2.39. The normalized spacial score (nSPS) is 12.5. The first-order valence-electron chi connectivity index (χ1n) is 6.89. The fourth-order valence-electron chi connectivity index (χ4n) is 2.23. The molecule has 0 spiro atoms. The lowest BCUT2D eigenvalue weighted by Crippen LogP contribution is -2.18. The van der Waals surface area contributed by atoms with E-state index in [9.17, 15) is 5.26 Å². The number of rotatable bonds is 6. The van der Waals surface area contributed by atoms with Crippen LogP contribution in [-0.4, -0.2) is 19.9 Å². The molecule has 118 valence electrons. The number of hydrogen-bond acceptors (Lipinski definition) is 5. The second-order valence-corrected chi connectivity index (χ2v) is 5.01. The minimum Gasteiger partial charge on any atom is -0.398 e. The number of benzene rings is 2. The van der Waals surface area contributed by atoms with Gasteiger partial charge in [-0.1, -0.05) is 53.2 Å². The van der Waals surface area contributed by atoms with Gasteiger partial charge in [0, 0.05) is 17.6 Å². The molecule has 0 heterocycles. The number of nitriles is 1. The van der Waals surface area contributed by atoms with Gasteiger partial charge in [-0.2, -0.15) is 5.26 Å². The molecule has 6 heteroatoms. The molecule has 0 aromatic heterocycles. The Bertz CT molecular complexity index is 723. The summed E-state index contributed by atoms with van der Waals surface area (Å²) in [5.74, 6) is 0. The first kappa shape index (κ1) is 17.0. The van der Waals surface area contributed by atoms with Crippen LogP contribution in [0.15, 0.2) is 53.7 Å². The average Bonchev–Trinajstić information content (AvgIpc) is 2.59. The van der Waals surface area contributed by atoms with Gasteiger partial charge in [0.2, 0.25) is 0 Å². The smallest absolute Gasteiger partial charge is 0.187 e. The zero-order valence-corrected chi connectivity index (χ0v) is 13.5. The summed E-state index contributed by atoms with van der Waals surface area (Å²) in [7, 11) is 3.08. The van der Waals surface area contributed by atoms with Crippen molar-refractivity contribution in [3.8, 4) is 6.07 Å². The van der Waals surface area contributed by atoms with Crippen molar-refractivity contribution < 1.29 is 9.68 Å². The van der Waals surface area contributed by atoms with E-state index in [1.165, 1.54) is 7.11 Å². The van der Waals surface area contributed by atoms with Crippen molar-refractivity contribution in [2.75, 3.05) is 14.2 Å². The zero-order chi connectivity index (χ0) is 16.7. The molecule has 0 radical (unpaired) electrons. The van der Waals surface area contributed by atoms with Gasteiger partial charge in [0.25, 0.3) is 0 Å². The Morgan fingerprint density at radius 2 is 1.91 bits per heavy atom. The molecular formula is C17H16ClN3O2. The van der Waals surface area contributed by atoms with Crippen molar-refractivity contribution in [3.05, 3.63) is 70.2 Å². The monoisotopic (exact) mass is 329 g/mol. The van der Waals surface area contributed by atoms with Crippen molar-refractivity contribution in [1.29, 1.82) is 5.26 Å². The van der Waals surface area contributed by atoms with Crippen LogP contribution in [0.5, 0.6) is 0 Å². The lowest BCUT2D eigenvalue weighted by molar-refractivity contribution is 0.00963. The van der Waals surface area contributed by atoms with Gasteiger partial charge in [0.05, 0.1) is 0 Å². The maximum atomic E-state index is 9.32. The van der Waals surface area contributed by atoms with E-state index in [2.05, 4.69) is 10.6 Å². The van der Waals surface area contributed by atoms with Crippen LogP contribution in [0.4, 0.5) is 0 Å². The summed E-state index contributed by atoms with van der Waals surface area (Å²) < 4.78 is 0. The number of nitrogens with one attached hydrogen (secondary N) is 1. The Balaban J connectivity index is 2.54. The molecule has 0 aliphatic rings. The standard InChI is InChI=1S/C17H16ClN3O2/c1-20-23-17(12-7-9-13(18)10-8-12)15-6-4-3-5-14(15)16(11-19)21-22-2/h3-10,17,20H,1-2H3/b21-16+. The number of oxime groups is 1. The van der Waals surface area contributed by atoms with Gasteiger partial charge in [-0.25, -0.2) is 5.48 Å². The maximum Gasteiger partial charge on any atom is 0.187 e. The first-order valence-corrected chi connectivity index (χ1v) is 7.27. The van der Waals surface area contributed by atoms with Gasteiger partial charge in [-0.15, -0.1) is 0 Å². The van der Waals surface area contributed by atoms with Crippen LogP contribution in [0.1, 0.15) is 22.8 Å². The van der Waals surface area contributed by atoms with Crippen molar-refractivity contribution >= 4 is 17.3 Å². The highest BCUT2D eigenvalue weighted by atomic mass is 35.5. The fourth-order valence-corrected chi connectivity index (χ4v) is 2.35. The van der Waals surface area contributed by atoms with E-state index in [-0.39, 0.29) is 5.71 Å². The highest BCUT2D eigenvalue weighted by Gasteiger charge is 2.21. The van der Waals surface area contributed by atoms with Crippen LogP contribution in [0.3, 0.4) is 0 Å². The molecule has 23 heavy (non-hydrogen) atoms. The second-order valence-electron chi connectivity index (χ2n) is 4.58. The van der Waals surface area contributed by atoms with Gasteiger partial charge < -0.3 is 4.84 Å². The third kappa shape index (κ3) is 4.08. The quantitative estimate of drug-likeness (QED) is 0.651. The molecule has 0 saturated heterocycles. The minimum atomic E-state index is -0.427.